The number of rotatable bonds is 24. The van der Waals surface area contributed by atoms with Crippen LogP contribution in [0.25, 0.3) is 0 Å². The van der Waals surface area contributed by atoms with E-state index in [1.165, 1.54) is 57.4 Å². The fourth-order valence-electron chi connectivity index (χ4n) is 7.75. The zero-order valence-electron chi connectivity index (χ0n) is 33.5. The molecule has 0 saturated carbocycles. The second kappa shape index (κ2) is 21.1. The van der Waals surface area contributed by atoms with Crippen LogP contribution in [0.5, 0.6) is 0 Å². The molecule has 0 unspecified atom stereocenters. The van der Waals surface area contributed by atoms with Gasteiger partial charge in [0.25, 0.3) is 0 Å². The van der Waals surface area contributed by atoms with Gasteiger partial charge in [0.05, 0.1) is 11.0 Å². The Morgan fingerprint density at radius 2 is 1.02 bits per heavy atom. The number of unbranched alkanes of at least 4 members (excludes halogenated alkanes) is 11. The molecule has 0 saturated heterocycles. The fraction of sp³-hybridized carbons (Fsp3) is 0.429. The highest BCUT2D eigenvalue weighted by Crippen LogP contribution is 2.52. The lowest BCUT2D eigenvalue weighted by Gasteiger charge is -2.54. The number of nitrogens with zero attached hydrogens (tertiary/aromatic N) is 1. The number of hydrogen-bond donors (Lipinski definition) is 2. The first kappa shape index (κ1) is 43.4. The van der Waals surface area contributed by atoms with Crippen LogP contribution < -0.4 is 0 Å². The van der Waals surface area contributed by atoms with Crippen LogP contribution in [0.1, 0.15) is 138 Å². The van der Waals surface area contributed by atoms with Crippen molar-refractivity contribution in [3.8, 4) is 0 Å². The fourth-order valence-corrected chi connectivity index (χ4v) is 7.75. The molecule has 6 heteroatoms. The van der Waals surface area contributed by atoms with E-state index < -0.39 is 34.5 Å². The molecule has 4 aromatic carbocycles. The lowest BCUT2D eigenvalue weighted by molar-refractivity contribution is -0.325. The highest BCUT2D eigenvalue weighted by Gasteiger charge is 2.62. The molecule has 2 N–H and O–H groups in total. The van der Waals surface area contributed by atoms with E-state index in [1.54, 1.807) is 45.0 Å². The lowest BCUT2D eigenvalue weighted by Crippen LogP contribution is -2.67. The van der Waals surface area contributed by atoms with E-state index in [1.807, 2.05) is 103 Å². The second-order valence-electron chi connectivity index (χ2n) is 15.8. The monoisotopic (exact) mass is 745 g/mol. The summed E-state index contributed by atoms with van der Waals surface area (Å²) in [5.74, 6) is -0.591. The van der Waals surface area contributed by atoms with E-state index in [-0.39, 0.29) is 5.56 Å². The average Bonchev–Trinajstić information content (AvgIpc) is 3.20. The number of aliphatic hydroxyl groups is 2. The maximum Gasteiger partial charge on any atom is 0.236 e. The lowest BCUT2D eigenvalue weighted by atomic mass is 9.59. The molecule has 0 heterocycles. The van der Waals surface area contributed by atoms with Gasteiger partial charge in [0.1, 0.15) is 0 Å². The summed E-state index contributed by atoms with van der Waals surface area (Å²) in [6, 6.07) is 36.9. The molecule has 1 amide bonds. The van der Waals surface area contributed by atoms with Crippen molar-refractivity contribution in [3.05, 3.63) is 156 Å². The van der Waals surface area contributed by atoms with Crippen molar-refractivity contribution in [3.63, 3.8) is 0 Å². The zero-order chi connectivity index (χ0) is 39.6. The number of amides is 1. The van der Waals surface area contributed by atoms with Crippen LogP contribution in [0.15, 0.2) is 133 Å². The Hall–Kier alpha value is -4.36. The normalized spacial score (nSPS) is 14.3. The maximum atomic E-state index is 14.7. The Morgan fingerprint density at radius 3 is 1.42 bits per heavy atom. The van der Waals surface area contributed by atoms with Crippen molar-refractivity contribution in [2.24, 2.45) is 0 Å². The molecule has 4 aromatic rings. The molecule has 0 aliphatic rings. The summed E-state index contributed by atoms with van der Waals surface area (Å²) in [5.41, 5.74) is -4.98. The van der Waals surface area contributed by atoms with E-state index in [4.69, 9.17) is 4.84 Å². The molecule has 4 rings (SSSR count). The van der Waals surface area contributed by atoms with Gasteiger partial charge in [-0.1, -0.05) is 199 Å². The predicted octanol–water partition coefficient (Wildman–Crippen LogP) is 11.2. The van der Waals surface area contributed by atoms with E-state index in [2.05, 4.69) is 6.92 Å². The van der Waals surface area contributed by atoms with E-state index >= 15 is 0 Å². The van der Waals surface area contributed by atoms with Gasteiger partial charge < -0.3 is 10.2 Å². The van der Waals surface area contributed by atoms with Crippen LogP contribution in [0, 0.1) is 0 Å². The third-order valence-electron chi connectivity index (χ3n) is 10.4. The number of Topliss-reactive ketones (excluding diaryl/α,β-unsaturated/α-hetero) is 1. The number of carbonyl (C=O) groups excluding carboxylic acids is 2. The maximum absolute atomic E-state index is 14.7. The molecule has 2 atom stereocenters. The van der Waals surface area contributed by atoms with Crippen molar-refractivity contribution in [1.82, 2.24) is 5.06 Å². The number of hydroxylamine groups is 2. The number of allylic oxidation sites excluding steroid dienone is 1. The summed E-state index contributed by atoms with van der Waals surface area (Å²) in [7, 11) is 0. The topological polar surface area (TPSA) is 87.1 Å². The van der Waals surface area contributed by atoms with Crippen LogP contribution in [-0.4, -0.2) is 44.4 Å². The Kier molecular flexibility index (Phi) is 16.6. The second-order valence-corrected chi connectivity index (χ2v) is 15.8. The zero-order valence-corrected chi connectivity index (χ0v) is 33.5. The minimum absolute atomic E-state index is 0.283. The summed E-state index contributed by atoms with van der Waals surface area (Å²) in [6.45, 7) is 7.60. The molecular weight excluding hydrogens is 683 g/mol. The first-order valence-electron chi connectivity index (χ1n) is 20.3. The molecule has 0 aliphatic carbocycles. The third-order valence-corrected chi connectivity index (χ3v) is 10.4. The molecular formula is C49H63NO5. The molecule has 55 heavy (non-hydrogen) atoms. The first-order chi connectivity index (χ1) is 26.5. The van der Waals surface area contributed by atoms with Crippen molar-refractivity contribution in [2.75, 3.05) is 0 Å². The standard InChI is InChI=1S/C49H63NO5/c1-5-6-7-8-9-10-11-12-13-14-15-16-29-38-47(53,45(52)41-30-21-17-22-31-41)39-48(54,50(40-51)55-46(2,3)4)49(42-32-23-18-24-33-42,43-34-25-19-26-35-43)44-36-27-20-28-37-44/h17-38,40,53-54H,5-16,39H2,1-4H3/b38-29+/t47-,48+/m0/s1. The summed E-state index contributed by atoms with van der Waals surface area (Å²) in [5, 5.41) is 27.7. The van der Waals surface area contributed by atoms with Gasteiger partial charge >= 0.3 is 0 Å². The highest BCUT2D eigenvalue weighted by molar-refractivity contribution is 6.03. The number of ketones is 1. The van der Waals surface area contributed by atoms with Gasteiger partial charge in [-0.25, -0.2) is 0 Å². The van der Waals surface area contributed by atoms with Crippen LogP contribution in [0.2, 0.25) is 0 Å². The van der Waals surface area contributed by atoms with Crippen molar-refractivity contribution < 1.29 is 24.6 Å². The van der Waals surface area contributed by atoms with Crippen LogP contribution in [0.3, 0.4) is 0 Å². The molecule has 0 bridgehead atoms. The molecule has 0 aromatic heterocycles. The van der Waals surface area contributed by atoms with Gasteiger partial charge in [0.2, 0.25) is 6.41 Å². The Labute approximate surface area is 330 Å². The van der Waals surface area contributed by atoms with Crippen LogP contribution in [-0.2, 0) is 15.0 Å². The van der Waals surface area contributed by atoms with Gasteiger partial charge in [-0.05, 0) is 56.4 Å². The van der Waals surface area contributed by atoms with Gasteiger partial charge in [-0.3, -0.25) is 14.4 Å². The highest BCUT2D eigenvalue weighted by atomic mass is 16.7. The Morgan fingerprint density at radius 1 is 0.618 bits per heavy atom. The van der Waals surface area contributed by atoms with Crippen molar-refractivity contribution in [1.29, 1.82) is 0 Å². The summed E-state index contributed by atoms with van der Waals surface area (Å²) in [4.78, 5) is 34.4. The van der Waals surface area contributed by atoms with Gasteiger partial charge in [-0.2, -0.15) is 5.06 Å². The summed E-state index contributed by atoms with van der Waals surface area (Å²) in [6.07, 6.45) is 17.3. The Bertz CT molecular complexity index is 1620. The smallest absolute Gasteiger partial charge is 0.236 e. The molecule has 0 fully saturated rings. The SMILES string of the molecule is CCCCCCCCCCCCC/C=C/[C@](O)(C[C@](O)(N(C=O)OC(C)(C)C)C(c1ccccc1)(c1ccccc1)c1ccccc1)C(=O)c1ccccc1. The van der Waals surface area contributed by atoms with Gasteiger partial charge in [0, 0.05) is 12.0 Å². The average molecular weight is 746 g/mol. The van der Waals surface area contributed by atoms with E-state index in [0.29, 0.717) is 29.5 Å². The van der Waals surface area contributed by atoms with E-state index in [9.17, 15) is 19.8 Å². The first-order valence-corrected chi connectivity index (χ1v) is 20.3. The summed E-state index contributed by atoms with van der Waals surface area (Å²) < 4.78 is 0. The van der Waals surface area contributed by atoms with Crippen molar-refractivity contribution in [2.45, 2.75) is 134 Å². The molecule has 0 radical (unpaired) electrons. The largest absolute Gasteiger partial charge is 0.377 e. The molecule has 6 nitrogen and oxygen atoms in total. The minimum atomic E-state index is -2.40. The van der Waals surface area contributed by atoms with Crippen LogP contribution >= 0.6 is 0 Å². The van der Waals surface area contributed by atoms with Crippen LogP contribution in [0.4, 0.5) is 0 Å². The predicted molar refractivity (Wildman–Crippen MR) is 223 cm³/mol. The number of benzene rings is 4. The molecule has 0 spiro atoms. The number of carbonyl (C=O) groups is 2. The third kappa shape index (κ3) is 11.3. The number of hydrogen-bond acceptors (Lipinski definition) is 5. The van der Waals surface area contributed by atoms with Gasteiger partial charge in [-0.15, -0.1) is 0 Å². The molecule has 0 aliphatic heterocycles. The molecule has 294 valence electrons. The Balaban J connectivity index is 1.81. The van der Waals surface area contributed by atoms with Crippen molar-refractivity contribution >= 4 is 12.2 Å². The quantitative estimate of drug-likeness (QED) is 0.0142. The summed E-state index contributed by atoms with van der Waals surface area (Å²) >= 11 is 0. The minimum Gasteiger partial charge on any atom is -0.377 e. The van der Waals surface area contributed by atoms with E-state index in [0.717, 1.165) is 24.3 Å². The van der Waals surface area contributed by atoms with Gasteiger partial charge in [0.15, 0.2) is 17.1 Å².